The van der Waals surface area contributed by atoms with E-state index in [9.17, 15) is 19.7 Å². The molecule has 0 saturated carbocycles. The Kier molecular flexibility index (Phi) is 5.76. The largest absolute Gasteiger partial charge is 0.361 e. The van der Waals surface area contributed by atoms with Gasteiger partial charge >= 0.3 is 0 Å². The molecule has 2 amide bonds. The van der Waals surface area contributed by atoms with Crippen LogP contribution in [0.2, 0.25) is 0 Å². The maximum absolute atomic E-state index is 13.0. The molecule has 1 heterocycles. The van der Waals surface area contributed by atoms with Gasteiger partial charge in [-0.3, -0.25) is 19.7 Å². The van der Waals surface area contributed by atoms with Gasteiger partial charge in [0.25, 0.3) is 17.5 Å². The van der Waals surface area contributed by atoms with Crippen molar-refractivity contribution in [1.29, 1.82) is 0 Å². The SMILES string of the molecule is O=C(Nc1ccc2cc[nH]c2c1)/C(=C\c1ccc([N+](=O)[O-])cc1)NC(=O)c1ccccc1. The number of nitro groups is 1. The van der Waals surface area contributed by atoms with E-state index in [4.69, 9.17) is 0 Å². The predicted octanol–water partition coefficient (Wildman–Crippen LogP) is 4.49. The van der Waals surface area contributed by atoms with E-state index in [-0.39, 0.29) is 11.4 Å². The van der Waals surface area contributed by atoms with Crippen molar-refractivity contribution in [2.24, 2.45) is 0 Å². The second-order valence-corrected chi connectivity index (χ2v) is 6.96. The Bertz CT molecular complexity index is 1330. The molecule has 0 aliphatic rings. The first kappa shape index (κ1) is 20.5. The van der Waals surface area contributed by atoms with Crippen molar-refractivity contribution < 1.29 is 14.5 Å². The van der Waals surface area contributed by atoms with Gasteiger partial charge in [-0.15, -0.1) is 0 Å². The van der Waals surface area contributed by atoms with Crippen molar-refractivity contribution in [3.8, 4) is 0 Å². The first-order chi connectivity index (χ1) is 15.5. The number of non-ortho nitro benzene ring substituents is 1. The van der Waals surface area contributed by atoms with Crippen LogP contribution < -0.4 is 10.6 Å². The van der Waals surface area contributed by atoms with E-state index in [1.54, 1.807) is 48.7 Å². The van der Waals surface area contributed by atoms with Crippen molar-refractivity contribution in [2.75, 3.05) is 5.32 Å². The summed E-state index contributed by atoms with van der Waals surface area (Å²) in [6.07, 6.45) is 3.27. The van der Waals surface area contributed by atoms with E-state index in [0.717, 1.165) is 10.9 Å². The van der Waals surface area contributed by atoms with Crippen molar-refractivity contribution in [2.45, 2.75) is 0 Å². The zero-order chi connectivity index (χ0) is 22.5. The molecule has 3 aromatic carbocycles. The number of nitrogens with zero attached hydrogens (tertiary/aromatic N) is 1. The third-order valence-corrected chi connectivity index (χ3v) is 4.76. The van der Waals surface area contributed by atoms with Crippen LogP contribution in [0, 0.1) is 10.1 Å². The maximum atomic E-state index is 13.0. The Morgan fingerprint density at radius 1 is 0.938 bits per heavy atom. The fourth-order valence-electron chi connectivity index (χ4n) is 3.13. The van der Waals surface area contributed by atoms with Crippen LogP contribution in [0.3, 0.4) is 0 Å². The number of anilines is 1. The molecule has 4 aromatic rings. The number of aromatic nitrogens is 1. The molecule has 4 rings (SSSR count). The number of nitro benzene ring substituents is 1. The molecule has 0 unspecified atom stereocenters. The van der Waals surface area contributed by atoms with Gasteiger partial charge in [-0.1, -0.05) is 24.3 Å². The van der Waals surface area contributed by atoms with Crippen molar-refractivity contribution in [3.05, 3.63) is 112 Å². The third kappa shape index (κ3) is 4.71. The average molecular weight is 426 g/mol. The van der Waals surface area contributed by atoms with E-state index < -0.39 is 16.7 Å². The number of H-pyrrole nitrogens is 1. The Labute approximate surface area is 182 Å². The first-order valence-corrected chi connectivity index (χ1v) is 9.71. The lowest BCUT2D eigenvalue weighted by Crippen LogP contribution is -2.30. The molecule has 158 valence electrons. The van der Waals surface area contributed by atoms with Crippen LogP contribution in [0.1, 0.15) is 15.9 Å². The molecule has 1 aromatic heterocycles. The molecule has 0 radical (unpaired) electrons. The number of amides is 2. The lowest BCUT2D eigenvalue weighted by atomic mass is 10.1. The highest BCUT2D eigenvalue weighted by Crippen LogP contribution is 2.19. The molecule has 8 heteroatoms. The van der Waals surface area contributed by atoms with E-state index in [2.05, 4.69) is 15.6 Å². The Morgan fingerprint density at radius 3 is 2.41 bits per heavy atom. The number of benzene rings is 3. The number of rotatable bonds is 6. The number of fused-ring (bicyclic) bond motifs is 1. The second kappa shape index (κ2) is 8.97. The van der Waals surface area contributed by atoms with Crippen molar-refractivity contribution in [1.82, 2.24) is 10.3 Å². The minimum Gasteiger partial charge on any atom is -0.361 e. The quantitative estimate of drug-likeness (QED) is 0.239. The minimum atomic E-state index is -0.529. The summed E-state index contributed by atoms with van der Waals surface area (Å²) in [5.74, 6) is -0.979. The topological polar surface area (TPSA) is 117 Å². The average Bonchev–Trinajstić information content (AvgIpc) is 3.27. The fourth-order valence-corrected chi connectivity index (χ4v) is 3.13. The number of nitrogens with one attached hydrogen (secondary N) is 3. The smallest absolute Gasteiger partial charge is 0.272 e. The summed E-state index contributed by atoms with van der Waals surface area (Å²) < 4.78 is 0. The van der Waals surface area contributed by atoms with Gasteiger partial charge in [-0.05, 0) is 59.5 Å². The number of hydrogen-bond acceptors (Lipinski definition) is 4. The summed E-state index contributed by atoms with van der Waals surface area (Å²) in [5, 5.41) is 17.3. The zero-order valence-corrected chi connectivity index (χ0v) is 16.7. The highest BCUT2D eigenvalue weighted by Gasteiger charge is 2.16. The third-order valence-electron chi connectivity index (χ3n) is 4.76. The van der Waals surface area contributed by atoms with Gasteiger partial charge in [-0.25, -0.2) is 0 Å². The van der Waals surface area contributed by atoms with Gasteiger partial charge in [0.15, 0.2) is 0 Å². The number of hydrogen-bond donors (Lipinski definition) is 3. The second-order valence-electron chi connectivity index (χ2n) is 6.96. The normalized spacial score (nSPS) is 11.2. The van der Waals surface area contributed by atoms with Gasteiger partial charge < -0.3 is 15.6 Å². The molecule has 0 saturated heterocycles. The summed E-state index contributed by atoms with van der Waals surface area (Å²) in [4.78, 5) is 39.1. The molecule has 0 fully saturated rings. The molecule has 0 atom stereocenters. The van der Waals surface area contributed by atoms with Gasteiger partial charge in [0.05, 0.1) is 4.92 Å². The summed E-state index contributed by atoms with van der Waals surface area (Å²) in [5.41, 5.74) is 2.25. The highest BCUT2D eigenvalue weighted by atomic mass is 16.6. The van der Waals surface area contributed by atoms with Gasteiger partial charge in [-0.2, -0.15) is 0 Å². The van der Waals surface area contributed by atoms with Crippen LogP contribution in [-0.4, -0.2) is 21.7 Å². The standard InChI is InChI=1S/C24H18N4O4/c29-23(18-4-2-1-3-5-18)27-22(14-16-6-10-20(11-7-16)28(31)32)24(30)26-19-9-8-17-12-13-25-21(17)15-19/h1-15,25H,(H,26,30)(H,27,29)/b22-14+. The van der Waals surface area contributed by atoms with E-state index in [0.29, 0.717) is 16.8 Å². The monoisotopic (exact) mass is 426 g/mol. The Morgan fingerprint density at radius 2 is 1.69 bits per heavy atom. The van der Waals surface area contributed by atoms with Crippen molar-refractivity contribution >= 4 is 40.2 Å². The molecular weight excluding hydrogens is 408 g/mol. The Hall–Kier alpha value is -4.72. The van der Waals surface area contributed by atoms with Crippen LogP contribution >= 0.6 is 0 Å². The van der Waals surface area contributed by atoms with Crippen molar-refractivity contribution in [3.63, 3.8) is 0 Å². The Balaban J connectivity index is 1.62. The molecule has 0 aliphatic carbocycles. The van der Waals surface area contributed by atoms with Gasteiger partial charge in [0.2, 0.25) is 0 Å². The number of carbonyl (C=O) groups is 2. The molecule has 8 nitrogen and oxygen atoms in total. The lowest BCUT2D eigenvalue weighted by Gasteiger charge is -2.11. The van der Waals surface area contributed by atoms with Crippen LogP contribution in [0.25, 0.3) is 17.0 Å². The fraction of sp³-hybridized carbons (Fsp3) is 0. The lowest BCUT2D eigenvalue weighted by molar-refractivity contribution is -0.384. The van der Waals surface area contributed by atoms with E-state index in [1.165, 1.54) is 30.3 Å². The number of aromatic amines is 1. The van der Waals surface area contributed by atoms with Crippen LogP contribution in [-0.2, 0) is 4.79 Å². The number of carbonyl (C=O) groups excluding carboxylic acids is 2. The van der Waals surface area contributed by atoms with E-state index >= 15 is 0 Å². The van der Waals surface area contributed by atoms with Gasteiger partial charge in [0.1, 0.15) is 5.70 Å². The molecule has 0 spiro atoms. The summed E-state index contributed by atoms with van der Waals surface area (Å²) in [7, 11) is 0. The molecule has 32 heavy (non-hydrogen) atoms. The summed E-state index contributed by atoms with van der Waals surface area (Å²) in [6.45, 7) is 0. The van der Waals surface area contributed by atoms with Crippen LogP contribution in [0.4, 0.5) is 11.4 Å². The highest BCUT2D eigenvalue weighted by molar-refractivity contribution is 6.11. The van der Waals surface area contributed by atoms with Gasteiger partial charge in [0, 0.05) is 35.1 Å². The maximum Gasteiger partial charge on any atom is 0.272 e. The van der Waals surface area contributed by atoms with Crippen LogP contribution in [0.15, 0.2) is 90.8 Å². The molecule has 0 bridgehead atoms. The first-order valence-electron chi connectivity index (χ1n) is 9.71. The van der Waals surface area contributed by atoms with E-state index in [1.807, 2.05) is 12.1 Å². The summed E-state index contributed by atoms with van der Waals surface area (Å²) >= 11 is 0. The zero-order valence-electron chi connectivity index (χ0n) is 16.7. The predicted molar refractivity (Wildman–Crippen MR) is 122 cm³/mol. The van der Waals surface area contributed by atoms with Crippen LogP contribution in [0.5, 0.6) is 0 Å². The molecular formula is C24H18N4O4. The molecule has 3 N–H and O–H groups in total. The minimum absolute atomic E-state index is 0.000659. The summed E-state index contributed by atoms with van der Waals surface area (Å²) in [6, 6.07) is 21.5. The molecule has 0 aliphatic heterocycles.